The molecule has 0 aliphatic carbocycles. The van der Waals surface area contributed by atoms with E-state index in [1.165, 1.54) is 12.5 Å². The van der Waals surface area contributed by atoms with Crippen LogP contribution in [0.25, 0.3) is 5.65 Å². The molecule has 0 saturated heterocycles. The third kappa shape index (κ3) is 2.46. The molecule has 0 spiro atoms. The molecule has 6 heteroatoms. The Kier molecular flexibility index (Phi) is 2.97. The van der Waals surface area contributed by atoms with E-state index in [-0.39, 0.29) is 5.91 Å². The van der Waals surface area contributed by atoms with E-state index in [0.29, 0.717) is 17.1 Å². The molecule has 96 valence electrons. The Morgan fingerprint density at radius 1 is 1.37 bits per heavy atom. The van der Waals surface area contributed by atoms with Crippen LogP contribution in [0.4, 0.5) is 0 Å². The molecule has 5 nitrogen and oxygen atoms in total. The number of carbonyl (C=O) groups is 1. The Morgan fingerprint density at radius 2 is 2.26 bits per heavy atom. The van der Waals surface area contributed by atoms with Gasteiger partial charge in [-0.1, -0.05) is 11.6 Å². The van der Waals surface area contributed by atoms with Crippen LogP contribution < -0.4 is 5.32 Å². The third-order valence-corrected chi connectivity index (χ3v) is 2.90. The van der Waals surface area contributed by atoms with Crippen LogP contribution in [0.3, 0.4) is 0 Å². The minimum atomic E-state index is -0.191. The largest absolute Gasteiger partial charge is 0.472 e. The Hall–Kier alpha value is -2.27. The number of rotatable bonds is 3. The van der Waals surface area contributed by atoms with Crippen LogP contribution in [0.2, 0.25) is 5.02 Å². The average Bonchev–Trinajstić information content (AvgIpc) is 3.04. The summed E-state index contributed by atoms with van der Waals surface area (Å²) in [5.74, 6) is -0.191. The number of amides is 1. The van der Waals surface area contributed by atoms with Crippen molar-refractivity contribution in [3.63, 3.8) is 0 Å². The Morgan fingerprint density at radius 3 is 3.05 bits per heavy atom. The van der Waals surface area contributed by atoms with Gasteiger partial charge in [0.25, 0.3) is 5.91 Å². The zero-order valence-electron chi connectivity index (χ0n) is 9.84. The Labute approximate surface area is 113 Å². The second kappa shape index (κ2) is 4.78. The van der Waals surface area contributed by atoms with Crippen molar-refractivity contribution in [3.8, 4) is 0 Å². The summed E-state index contributed by atoms with van der Waals surface area (Å²) in [4.78, 5) is 16.1. The van der Waals surface area contributed by atoms with Gasteiger partial charge < -0.3 is 14.1 Å². The number of aromatic nitrogens is 2. The first-order valence-electron chi connectivity index (χ1n) is 5.66. The van der Waals surface area contributed by atoms with Crippen molar-refractivity contribution in [1.82, 2.24) is 14.7 Å². The van der Waals surface area contributed by atoms with E-state index in [1.54, 1.807) is 18.3 Å². The van der Waals surface area contributed by atoms with Crippen molar-refractivity contribution >= 4 is 23.2 Å². The molecule has 0 aliphatic rings. The number of fused-ring (bicyclic) bond motifs is 1. The highest BCUT2D eigenvalue weighted by atomic mass is 35.5. The van der Waals surface area contributed by atoms with Gasteiger partial charge >= 0.3 is 0 Å². The molecule has 1 amide bonds. The van der Waals surface area contributed by atoms with Crippen LogP contribution in [0, 0.1) is 0 Å². The molecule has 3 rings (SSSR count). The van der Waals surface area contributed by atoms with Gasteiger partial charge in [0.2, 0.25) is 0 Å². The van der Waals surface area contributed by atoms with Gasteiger partial charge in [-0.2, -0.15) is 0 Å². The summed E-state index contributed by atoms with van der Waals surface area (Å²) in [6, 6.07) is 5.21. The Balaban J connectivity index is 1.73. The fraction of sp³-hybridized carbons (Fsp3) is 0.0769. The van der Waals surface area contributed by atoms with Gasteiger partial charge in [-0.15, -0.1) is 0 Å². The summed E-state index contributed by atoms with van der Waals surface area (Å²) in [6.45, 7) is 0.351. The summed E-state index contributed by atoms with van der Waals surface area (Å²) < 4.78 is 6.67. The van der Waals surface area contributed by atoms with Crippen molar-refractivity contribution in [3.05, 3.63) is 59.4 Å². The SMILES string of the molecule is O=C(NCc1cn2cc(Cl)ccc2n1)c1ccoc1. The minimum Gasteiger partial charge on any atom is -0.472 e. The molecule has 0 aromatic carbocycles. The molecule has 0 saturated carbocycles. The predicted molar refractivity (Wildman–Crippen MR) is 70.1 cm³/mol. The van der Waals surface area contributed by atoms with E-state index in [9.17, 15) is 4.79 Å². The molecular formula is C13H10ClN3O2. The molecule has 3 aromatic heterocycles. The predicted octanol–water partition coefficient (Wildman–Crippen LogP) is 2.51. The smallest absolute Gasteiger partial charge is 0.254 e. The maximum atomic E-state index is 11.7. The number of halogens is 1. The van der Waals surface area contributed by atoms with Gasteiger partial charge in [-0.25, -0.2) is 4.98 Å². The zero-order valence-corrected chi connectivity index (χ0v) is 10.6. The van der Waals surface area contributed by atoms with Crippen LogP contribution in [-0.2, 0) is 6.54 Å². The van der Waals surface area contributed by atoms with Gasteiger partial charge in [0.05, 0.1) is 29.1 Å². The third-order valence-electron chi connectivity index (χ3n) is 2.68. The molecule has 0 fully saturated rings. The number of nitrogens with one attached hydrogen (secondary N) is 1. The fourth-order valence-electron chi connectivity index (χ4n) is 1.77. The summed E-state index contributed by atoms with van der Waals surface area (Å²) in [5, 5.41) is 3.41. The van der Waals surface area contributed by atoms with Crippen LogP contribution in [-0.4, -0.2) is 15.3 Å². The van der Waals surface area contributed by atoms with Crippen LogP contribution >= 0.6 is 11.6 Å². The average molecular weight is 276 g/mol. The highest BCUT2D eigenvalue weighted by Crippen LogP contribution is 2.11. The second-order valence-electron chi connectivity index (χ2n) is 4.04. The monoisotopic (exact) mass is 275 g/mol. The number of imidazole rings is 1. The fourth-order valence-corrected chi connectivity index (χ4v) is 1.94. The van der Waals surface area contributed by atoms with E-state index in [0.717, 1.165) is 11.3 Å². The first-order chi connectivity index (χ1) is 9.22. The van der Waals surface area contributed by atoms with E-state index in [1.807, 2.05) is 16.7 Å². The quantitative estimate of drug-likeness (QED) is 0.799. The van der Waals surface area contributed by atoms with Crippen molar-refractivity contribution in [2.24, 2.45) is 0 Å². The summed E-state index contributed by atoms with van der Waals surface area (Å²) in [7, 11) is 0. The Bertz CT molecular complexity index is 719. The number of pyridine rings is 1. The standard InChI is InChI=1S/C13H10ClN3O2/c14-10-1-2-12-16-11(7-17(12)6-10)5-15-13(18)9-3-4-19-8-9/h1-4,6-8H,5H2,(H,15,18). The van der Waals surface area contributed by atoms with E-state index in [2.05, 4.69) is 10.3 Å². The number of furan rings is 1. The molecule has 3 aromatic rings. The van der Waals surface area contributed by atoms with Crippen LogP contribution in [0.1, 0.15) is 16.1 Å². The molecule has 3 heterocycles. The number of hydrogen-bond acceptors (Lipinski definition) is 3. The first-order valence-corrected chi connectivity index (χ1v) is 6.04. The topological polar surface area (TPSA) is 59.5 Å². The second-order valence-corrected chi connectivity index (χ2v) is 4.48. The van der Waals surface area contributed by atoms with Gasteiger partial charge in [0, 0.05) is 12.4 Å². The van der Waals surface area contributed by atoms with Crippen molar-refractivity contribution in [2.75, 3.05) is 0 Å². The van der Waals surface area contributed by atoms with Gasteiger partial charge in [0.1, 0.15) is 11.9 Å². The summed E-state index contributed by atoms with van der Waals surface area (Å²) in [5.41, 5.74) is 2.04. The van der Waals surface area contributed by atoms with Crippen molar-refractivity contribution in [1.29, 1.82) is 0 Å². The lowest BCUT2D eigenvalue weighted by atomic mass is 10.3. The lowest BCUT2D eigenvalue weighted by molar-refractivity contribution is 0.0950. The van der Waals surface area contributed by atoms with Crippen LogP contribution in [0.5, 0.6) is 0 Å². The number of hydrogen-bond donors (Lipinski definition) is 1. The van der Waals surface area contributed by atoms with E-state index in [4.69, 9.17) is 16.0 Å². The normalized spacial score (nSPS) is 10.8. The molecule has 19 heavy (non-hydrogen) atoms. The molecule has 0 unspecified atom stereocenters. The molecule has 1 N–H and O–H groups in total. The van der Waals surface area contributed by atoms with E-state index >= 15 is 0 Å². The summed E-state index contributed by atoms with van der Waals surface area (Å²) in [6.07, 6.45) is 6.46. The number of carbonyl (C=O) groups excluding carboxylic acids is 1. The van der Waals surface area contributed by atoms with E-state index < -0.39 is 0 Å². The molecule has 0 aliphatic heterocycles. The lowest BCUT2D eigenvalue weighted by Gasteiger charge is -1.99. The maximum Gasteiger partial charge on any atom is 0.254 e. The summed E-state index contributed by atoms with van der Waals surface area (Å²) >= 11 is 5.89. The van der Waals surface area contributed by atoms with Gasteiger partial charge in [-0.05, 0) is 18.2 Å². The molecule has 0 atom stereocenters. The zero-order chi connectivity index (χ0) is 13.2. The van der Waals surface area contributed by atoms with Crippen molar-refractivity contribution < 1.29 is 9.21 Å². The first kappa shape index (κ1) is 11.8. The molecule has 0 radical (unpaired) electrons. The highest BCUT2D eigenvalue weighted by molar-refractivity contribution is 6.30. The molecule has 0 bridgehead atoms. The highest BCUT2D eigenvalue weighted by Gasteiger charge is 2.08. The van der Waals surface area contributed by atoms with Crippen LogP contribution in [0.15, 0.2) is 47.5 Å². The molecular weight excluding hydrogens is 266 g/mol. The number of nitrogens with zero attached hydrogens (tertiary/aromatic N) is 2. The lowest BCUT2D eigenvalue weighted by Crippen LogP contribution is -2.22. The van der Waals surface area contributed by atoms with Crippen molar-refractivity contribution in [2.45, 2.75) is 6.54 Å². The maximum absolute atomic E-state index is 11.7. The minimum absolute atomic E-state index is 0.191. The van der Waals surface area contributed by atoms with Gasteiger partial charge in [-0.3, -0.25) is 4.79 Å². The van der Waals surface area contributed by atoms with Gasteiger partial charge in [0.15, 0.2) is 0 Å².